The number of hydrogen-bond acceptors (Lipinski definition) is 2. The minimum atomic E-state index is 0.710. The number of fused-ring (bicyclic) bond motifs is 3. The number of rotatable bonds is 0. The van der Waals surface area contributed by atoms with Crippen molar-refractivity contribution in [3.05, 3.63) is 31.2 Å². The summed E-state index contributed by atoms with van der Waals surface area (Å²) < 4.78 is 13.2. The first-order valence-corrected chi connectivity index (χ1v) is 6.03. The predicted octanol–water partition coefficient (Wildman–Crippen LogP) is 3.27. The lowest BCUT2D eigenvalue weighted by Gasteiger charge is -2.09. The van der Waals surface area contributed by atoms with E-state index in [2.05, 4.69) is 31.9 Å². The molecule has 0 atom stereocenters. The molecule has 2 aliphatic heterocycles. The Bertz CT molecular complexity index is 376. The van der Waals surface area contributed by atoms with Crippen molar-refractivity contribution < 1.29 is 9.47 Å². The van der Waals surface area contributed by atoms with E-state index in [-0.39, 0.29) is 0 Å². The molecule has 0 spiro atoms. The molecule has 0 saturated carbocycles. The summed E-state index contributed by atoms with van der Waals surface area (Å²) in [6.07, 6.45) is 0. The van der Waals surface area contributed by atoms with Crippen LogP contribution in [0.5, 0.6) is 0 Å². The van der Waals surface area contributed by atoms with Crippen LogP contribution in [0.15, 0.2) is 8.95 Å². The lowest BCUT2D eigenvalue weighted by atomic mass is 10.00. The fraction of sp³-hybridized carbons (Fsp3) is 0.400. The third-order valence-electron chi connectivity index (χ3n) is 2.80. The molecule has 0 unspecified atom stereocenters. The number of hydrogen-bond donors (Lipinski definition) is 0. The molecule has 0 bridgehead atoms. The molecular weight excluding hydrogens is 312 g/mol. The van der Waals surface area contributed by atoms with Gasteiger partial charge in [0.05, 0.1) is 26.4 Å². The Hall–Kier alpha value is 0.1000. The van der Waals surface area contributed by atoms with E-state index in [0.717, 1.165) is 22.2 Å². The number of halogens is 2. The molecule has 2 aliphatic rings. The highest BCUT2D eigenvalue weighted by molar-refractivity contribution is 9.13. The molecule has 14 heavy (non-hydrogen) atoms. The van der Waals surface area contributed by atoms with Gasteiger partial charge in [0.2, 0.25) is 0 Å². The summed E-state index contributed by atoms with van der Waals surface area (Å²) >= 11 is 7.20. The van der Waals surface area contributed by atoms with Gasteiger partial charge in [-0.2, -0.15) is 0 Å². The molecule has 0 aliphatic carbocycles. The van der Waals surface area contributed by atoms with Crippen molar-refractivity contribution in [2.45, 2.75) is 26.4 Å². The second-order valence-corrected chi connectivity index (χ2v) is 5.11. The number of ether oxygens (including phenoxy) is 2. The van der Waals surface area contributed by atoms with Gasteiger partial charge in [-0.15, -0.1) is 0 Å². The van der Waals surface area contributed by atoms with E-state index in [4.69, 9.17) is 9.47 Å². The van der Waals surface area contributed by atoms with E-state index < -0.39 is 0 Å². The van der Waals surface area contributed by atoms with E-state index in [1.165, 1.54) is 22.3 Å². The van der Waals surface area contributed by atoms with E-state index in [1.54, 1.807) is 0 Å². The molecule has 2 heterocycles. The minimum Gasteiger partial charge on any atom is -0.372 e. The SMILES string of the molecule is Brc1c(Br)c2c(c3c1COC3)COC2. The summed E-state index contributed by atoms with van der Waals surface area (Å²) in [6.45, 7) is 2.88. The molecule has 3 rings (SSSR count). The van der Waals surface area contributed by atoms with Crippen LogP contribution in [0.4, 0.5) is 0 Å². The third-order valence-corrected chi connectivity index (χ3v) is 5.08. The second-order valence-electron chi connectivity index (χ2n) is 3.53. The van der Waals surface area contributed by atoms with Crippen molar-refractivity contribution in [2.75, 3.05) is 0 Å². The molecule has 0 amide bonds. The van der Waals surface area contributed by atoms with E-state index in [0.29, 0.717) is 13.2 Å². The first-order valence-electron chi connectivity index (χ1n) is 4.45. The molecule has 1 aromatic carbocycles. The highest BCUT2D eigenvalue weighted by Crippen LogP contribution is 2.42. The van der Waals surface area contributed by atoms with Gasteiger partial charge in [-0.1, -0.05) is 0 Å². The van der Waals surface area contributed by atoms with Gasteiger partial charge < -0.3 is 9.47 Å². The zero-order chi connectivity index (χ0) is 9.71. The molecule has 0 saturated heterocycles. The maximum absolute atomic E-state index is 5.47. The topological polar surface area (TPSA) is 18.5 Å². The Balaban J connectivity index is 2.34. The van der Waals surface area contributed by atoms with Crippen molar-refractivity contribution in [1.82, 2.24) is 0 Å². The first kappa shape index (κ1) is 9.33. The Morgan fingerprint density at radius 3 is 1.43 bits per heavy atom. The van der Waals surface area contributed by atoms with Gasteiger partial charge in [-0.05, 0) is 54.1 Å². The lowest BCUT2D eigenvalue weighted by molar-refractivity contribution is 0.126. The molecule has 0 N–H and O–H groups in total. The van der Waals surface area contributed by atoms with Crippen LogP contribution < -0.4 is 0 Å². The Labute approximate surface area is 98.8 Å². The smallest absolute Gasteiger partial charge is 0.0736 e. The molecule has 0 radical (unpaired) electrons. The van der Waals surface area contributed by atoms with Crippen LogP contribution in [0.2, 0.25) is 0 Å². The van der Waals surface area contributed by atoms with Gasteiger partial charge in [0.15, 0.2) is 0 Å². The van der Waals surface area contributed by atoms with Gasteiger partial charge in [0.25, 0.3) is 0 Å². The average Bonchev–Trinajstić information content (AvgIpc) is 2.80. The minimum absolute atomic E-state index is 0.710. The highest BCUT2D eigenvalue weighted by Gasteiger charge is 2.27. The van der Waals surface area contributed by atoms with Crippen molar-refractivity contribution in [3.63, 3.8) is 0 Å². The van der Waals surface area contributed by atoms with E-state index in [9.17, 15) is 0 Å². The predicted molar refractivity (Wildman–Crippen MR) is 58.8 cm³/mol. The van der Waals surface area contributed by atoms with E-state index in [1.807, 2.05) is 0 Å². The van der Waals surface area contributed by atoms with Crippen molar-refractivity contribution in [1.29, 1.82) is 0 Å². The Morgan fingerprint density at radius 1 is 0.643 bits per heavy atom. The summed E-state index contributed by atoms with van der Waals surface area (Å²) in [4.78, 5) is 0. The monoisotopic (exact) mass is 318 g/mol. The van der Waals surface area contributed by atoms with Crippen LogP contribution in [0, 0.1) is 0 Å². The molecule has 2 nitrogen and oxygen atoms in total. The van der Waals surface area contributed by atoms with E-state index >= 15 is 0 Å². The van der Waals surface area contributed by atoms with Crippen molar-refractivity contribution >= 4 is 31.9 Å². The Kier molecular flexibility index (Phi) is 2.20. The summed E-state index contributed by atoms with van der Waals surface area (Å²) in [5.41, 5.74) is 5.21. The highest BCUT2D eigenvalue weighted by atomic mass is 79.9. The summed E-state index contributed by atoms with van der Waals surface area (Å²) in [6, 6.07) is 0. The molecule has 4 heteroatoms. The largest absolute Gasteiger partial charge is 0.372 e. The third kappa shape index (κ3) is 1.14. The van der Waals surface area contributed by atoms with Gasteiger partial charge in [0.1, 0.15) is 0 Å². The maximum Gasteiger partial charge on any atom is 0.0736 e. The van der Waals surface area contributed by atoms with Crippen LogP contribution in [0.3, 0.4) is 0 Å². The lowest BCUT2D eigenvalue weighted by Crippen LogP contribution is -1.96. The zero-order valence-corrected chi connectivity index (χ0v) is 10.6. The van der Waals surface area contributed by atoms with Gasteiger partial charge >= 0.3 is 0 Å². The van der Waals surface area contributed by atoms with Gasteiger partial charge in [-0.25, -0.2) is 0 Å². The number of benzene rings is 1. The summed E-state index contributed by atoms with van der Waals surface area (Å²) in [7, 11) is 0. The molecule has 0 aromatic heterocycles. The normalized spacial score (nSPS) is 18.4. The molecular formula is C10H8Br2O2. The fourth-order valence-electron chi connectivity index (χ4n) is 2.05. The molecule has 74 valence electrons. The quantitative estimate of drug-likeness (QED) is 0.730. The van der Waals surface area contributed by atoms with Crippen LogP contribution in [-0.4, -0.2) is 0 Å². The van der Waals surface area contributed by atoms with Crippen LogP contribution in [0.25, 0.3) is 0 Å². The van der Waals surface area contributed by atoms with Crippen LogP contribution in [-0.2, 0) is 35.9 Å². The fourth-order valence-corrected chi connectivity index (χ4v) is 3.24. The molecule has 0 fully saturated rings. The van der Waals surface area contributed by atoms with Crippen molar-refractivity contribution in [3.8, 4) is 0 Å². The summed E-state index contributed by atoms with van der Waals surface area (Å²) in [5.74, 6) is 0. The summed E-state index contributed by atoms with van der Waals surface area (Å²) in [5, 5.41) is 0. The Morgan fingerprint density at radius 2 is 1.00 bits per heavy atom. The van der Waals surface area contributed by atoms with Gasteiger partial charge in [0, 0.05) is 8.95 Å². The first-order chi connectivity index (χ1) is 6.79. The average molecular weight is 320 g/mol. The standard InChI is InChI=1S/C10H8Br2O2/c11-9-7-3-13-1-5(7)6-2-14-4-8(6)10(9)12/h1-4H2. The zero-order valence-electron chi connectivity index (χ0n) is 7.40. The second kappa shape index (κ2) is 3.30. The van der Waals surface area contributed by atoms with Crippen LogP contribution in [0.1, 0.15) is 22.3 Å². The van der Waals surface area contributed by atoms with Crippen LogP contribution >= 0.6 is 31.9 Å². The van der Waals surface area contributed by atoms with Gasteiger partial charge in [-0.3, -0.25) is 0 Å². The maximum atomic E-state index is 5.47. The molecule has 1 aromatic rings. The van der Waals surface area contributed by atoms with Crippen molar-refractivity contribution in [2.24, 2.45) is 0 Å².